The fraction of sp³-hybridized carbons (Fsp3) is 0.500. The third-order valence-corrected chi connectivity index (χ3v) is 6.59. The summed E-state index contributed by atoms with van der Waals surface area (Å²) in [4.78, 5) is 11.9. The van der Waals surface area contributed by atoms with Gasteiger partial charge in [0.05, 0.1) is 31.6 Å². The van der Waals surface area contributed by atoms with Crippen LogP contribution in [0, 0.1) is 5.92 Å². The van der Waals surface area contributed by atoms with E-state index >= 15 is 0 Å². The van der Waals surface area contributed by atoms with Crippen LogP contribution in [-0.4, -0.2) is 31.4 Å². The lowest BCUT2D eigenvalue weighted by molar-refractivity contribution is -0.145. The summed E-state index contributed by atoms with van der Waals surface area (Å²) >= 11 is 0. The number of halogens is 3. The van der Waals surface area contributed by atoms with Crippen molar-refractivity contribution in [3.8, 4) is 11.5 Å². The maximum atomic E-state index is 13.2. The van der Waals surface area contributed by atoms with E-state index in [1.807, 2.05) is 39.0 Å². The number of carbonyl (C=O) groups is 1. The Morgan fingerprint density at radius 3 is 2.46 bits per heavy atom. The van der Waals surface area contributed by atoms with E-state index in [1.165, 1.54) is 13.2 Å². The van der Waals surface area contributed by atoms with Gasteiger partial charge in [-0.25, -0.2) is 0 Å². The summed E-state index contributed by atoms with van der Waals surface area (Å²) in [6, 6.07) is 8.77. The summed E-state index contributed by atoms with van der Waals surface area (Å²) < 4.78 is 61.4. The zero-order chi connectivity index (χ0) is 27.2. The number of aromatic nitrogens is 1. The Morgan fingerprint density at radius 2 is 1.81 bits per heavy atom. The Labute approximate surface area is 215 Å². The van der Waals surface area contributed by atoms with E-state index in [0.717, 1.165) is 23.3 Å². The molecule has 0 aliphatic heterocycles. The minimum Gasteiger partial charge on any atom is -0.493 e. The van der Waals surface area contributed by atoms with Gasteiger partial charge in [-0.15, -0.1) is 0 Å². The summed E-state index contributed by atoms with van der Waals surface area (Å²) in [5.74, 6) is 0.739. The van der Waals surface area contributed by atoms with E-state index < -0.39 is 11.9 Å². The number of carbonyl (C=O) groups excluding carboxylic acids is 1. The van der Waals surface area contributed by atoms with Crippen LogP contribution in [0.3, 0.4) is 0 Å². The van der Waals surface area contributed by atoms with Gasteiger partial charge in [-0.2, -0.15) is 13.2 Å². The molecule has 0 N–H and O–H groups in total. The van der Waals surface area contributed by atoms with Crippen LogP contribution >= 0.6 is 0 Å². The topological polar surface area (TPSA) is 70.8 Å². The molecular weight excluding hydrogens is 487 g/mol. The Hall–Kier alpha value is -3.23. The molecule has 1 aromatic heterocycles. The third-order valence-electron chi connectivity index (χ3n) is 6.59. The summed E-state index contributed by atoms with van der Waals surface area (Å²) in [7, 11) is 1.40. The largest absolute Gasteiger partial charge is 0.493 e. The summed E-state index contributed by atoms with van der Waals surface area (Å²) in [6.45, 7) is 8.60. The molecule has 37 heavy (non-hydrogen) atoms. The molecule has 0 amide bonds. The van der Waals surface area contributed by atoms with E-state index in [9.17, 15) is 18.0 Å². The standard InChI is InChI=1S/C28H34F3NO5/c1-6-9-22-24(13-12-23-25(22)37-32-26(23)28(29,30)31)36-15-8-14-35-20-10-11-21(19(7-2)16-20)17(3)18(4)27(33)34-5/h10-13,16-18H,6-9,14-15H2,1-5H3/t17-,18-/m1/s1. The van der Waals surface area contributed by atoms with Crippen molar-refractivity contribution in [2.45, 2.75) is 65.5 Å². The van der Waals surface area contributed by atoms with Gasteiger partial charge >= 0.3 is 12.1 Å². The summed E-state index contributed by atoms with van der Waals surface area (Å²) in [6.07, 6.45) is -1.98. The lowest BCUT2D eigenvalue weighted by atomic mass is 9.85. The van der Waals surface area contributed by atoms with Crippen molar-refractivity contribution in [2.75, 3.05) is 20.3 Å². The molecule has 0 fully saturated rings. The second-order valence-corrected chi connectivity index (χ2v) is 9.06. The molecule has 1 heterocycles. The first kappa shape index (κ1) is 28.3. The number of esters is 1. The number of rotatable bonds is 12. The maximum absolute atomic E-state index is 13.2. The number of methoxy groups -OCH3 is 1. The Balaban J connectivity index is 1.61. The second kappa shape index (κ2) is 12.3. The highest BCUT2D eigenvalue weighted by atomic mass is 19.4. The van der Waals surface area contributed by atoms with E-state index in [4.69, 9.17) is 18.7 Å². The van der Waals surface area contributed by atoms with Gasteiger partial charge in [0.25, 0.3) is 0 Å². The fourth-order valence-electron chi connectivity index (χ4n) is 4.38. The number of hydrogen-bond acceptors (Lipinski definition) is 6. The fourth-order valence-corrected chi connectivity index (χ4v) is 4.38. The Kier molecular flexibility index (Phi) is 9.45. The van der Waals surface area contributed by atoms with Crippen LogP contribution in [-0.2, 0) is 28.5 Å². The summed E-state index contributed by atoms with van der Waals surface area (Å²) in [5.41, 5.74) is 1.88. The predicted molar refractivity (Wildman–Crippen MR) is 134 cm³/mol. The first-order valence-electron chi connectivity index (χ1n) is 12.6. The van der Waals surface area contributed by atoms with Crippen molar-refractivity contribution >= 4 is 16.9 Å². The zero-order valence-electron chi connectivity index (χ0n) is 21.9. The Bertz CT molecular complexity index is 1200. The van der Waals surface area contributed by atoms with Crippen LogP contribution in [0.15, 0.2) is 34.9 Å². The SMILES string of the molecule is CCCc1c(OCCCOc2ccc([C@H](C)[C@@H](C)C(=O)OC)c(CC)c2)ccc2c(C(F)(F)F)noc12. The highest BCUT2D eigenvalue weighted by molar-refractivity contribution is 5.85. The molecule has 3 aromatic rings. The van der Waals surface area contributed by atoms with Gasteiger partial charge in [0.15, 0.2) is 11.3 Å². The number of fused-ring (bicyclic) bond motifs is 1. The van der Waals surface area contributed by atoms with Crippen LogP contribution in [0.2, 0.25) is 0 Å². The molecule has 2 aromatic carbocycles. The van der Waals surface area contributed by atoms with Crippen molar-refractivity contribution in [3.05, 3.63) is 52.7 Å². The third kappa shape index (κ3) is 6.56. The van der Waals surface area contributed by atoms with E-state index in [1.54, 1.807) is 6.07 Å². The number of alkyl halides is 3. The molecule has 0 saturated heterocycles. The number of hydrogen-bond donors (Lipinski definition) is 0. The molecule has 3 rings (SSSR count). The number of ether oxygens (including phenoxy) is 3. The lowest BCUT2D eigenvalue weighted by Gasteiger charge is -2.21. The normalized spacial score (nSPS) is 13.4. The van der Waals surface area contributed by atoms with Crippen molar-refractivity contribution in [2.24, 2.45) is 5.92 Å². The number of nitrogens with zero attached hydrogens (tertiary/aromatic N) is 1. The van der Waals surface area contributed by atoms with Crippen molar-refractivity contribution in [3.63, 3.8) is 0 Å². The van der Waals surface area contributed by atoms with E-state index in [-0.39, 0.29) is 28.8 Å². The minimum atomic E-state index is -4.58. The first-order chi connectivity index (χ1) is 17.6. The number of benzene rings is 2. The van der Waals surface area contributed by atoms with Gasteiger partial charge in [-0.05, 0) is 54.2 Å². The highest BCUT2D eigenvalue weighted by Gasteiger charge is 2.37. The molecule has 202 valence electrons. The van der Waals surface area contributed by atoms with Gasteiger partial charge in [0, 0.05) is 12.0 Å². The van der Waals surface area contributed by atoms with Crippen LogP contribution in [0.4, 0.5) is 13.2 Å². The first-order valence-corrected chi connectivity index (χ1v) is 12.6. The second-order valence-electron chi connectivity index (χ2n) is 9.06. The van der Waals surface area contributed by atoms with E-state index in [0.29, 0.717) is 43.8 Å². The van der Waals surface area contributed by atoms with Crippen LogP contribution < -0.4 is 9.47 Å². The lowest BCUT2D eigenvalue weighted by Crippen LogP contribution is -2.19. The van der Waals surface area contributed by atoms with Crippen LogP contribution in [0.1, 0.15) is 68.8 Å². The van der Waals surface area contributed by atoms with Crippen LogP contribution in [0.25, 0.3) is 11.0 Å². The molecule has 6 nitrogen and oxygen atoms in total. The molecular formula is C28H34F3NO5. The molecule has 0 saturated carbocycles. The quantitative estimate of drug-likeness (QED) is 0.187. The zero-order valence-corrected chi connectivity index (χ0v) is 21.9. The van der Waals surface area contributed by atoms with Gasteiger partial charge in [-0.1, -0.05) is 45.3 Å². The number of aryl methyl sites for hydroxylation is 2. The van der Waals surface area contributed by atoms with Crippen molar-refractivity contribution in [1.29, 1.82) is 0 Å². The molecule has 0 aliphatic carbocycles. The summed E-state index contributed by atoms with van der Waals surface area (Å²) in [5, 5.41) is 3.19. The Morgan fingerprint density at radius 1 is 1.08 bits per heavy atom. The van der Waals surface area contributed by atoms with Crippen LogP contribution in [0.5, 0.6) is 11.5 Å². The molecule has 0 bridgehead atoms. The van der Waals surface area contributed by atoms with Gasteiger partial charge in [-0.3, -0.25) is 4.79 Å². The molecule has 0 aliphatic rings. The highest BCUT2D eigenvalue weighted by Crippen LogP contribution is 2.38. The van der Waals surface area contributed by atoms with Gasteiger partial charge in [0.2, 0.25) is 0 Å². The predicted octanol–water partition coefficient (Wildman–Crippen LogP) is 7.12. The molecule has 9 heteroatoms. The monoisotopic (exact) mass is 521 g/mol. The average Bonchev–Trinajstić information content (AvgIpc) is 3.33. The average molecular weight is 522 g/mol. The minimum absolute atomic E-state index is 0.0103. The molecule has 0 spiro atoms. The van der Waals surface area contributed by atoms with Crippen molar-refractivity contribution < 1.29 is 36.7 Å². The smallest absolute Gasteiger partial charge is 0.437 e. The molecule has 0 radical (unpaired) electrons. The van der Waals surface area contributed by atoms with Gasteiger partial charge in [0.1, 0.15) is 11.5 Å². The van der Waals surface area contributed by atoms with Gasteiger partial charge < -0.3 is 18.7 Å². The van der Waals surface area contributed by atoms with Crippen molar-refractivity contribution in [1.82, 2.24) is 5.16 Å². The van der Waals surface area contributed by atoms with E-state index in [2.05, 4.69) is 12.1 Å². The molecule has 2 atom stereocenters. The molecule has 0 unspecified atom stereocenters. The maximum Gasteiger partial charge on any atom is 0.437 e.